The third kappa shape index (κ3) is 4.50. The maximum Gasteiger partial charge on any atom is 0.416 e. The average Bonchev–Trinajstić information content (AvgIpc) is 3.02. The molecule has 0 saturated carbocycles. The van der Waals surface area contributed by atoms with Crippen molar-refractivity contribution in [3.8, 4) is 11.4 Å². The van der Waals surface area contributed by atoms with Crippen LogP contribution in [-0.2, 0) is 18.0 Å². The quantitative estimate of drug-likeness (QED) is 0.647. The smallest absolute Gasteiger partial charge is 0.325 e. The van der Waals surface area contributed by atoms with Crippen LogP contribution in [0.4, 0.5) is 18.9 Å². The first-order valence-electron chi connectivity index (χ1n) is 8.20. The average molecular weight is 407 g/mol. The summed E-state index contributed by atoms with van der Waals surface area (Å²) in [6.45, 7) is 1.65. The van der Waals surface area contributed by atoms with Crippen LogP contribution in [0.5, 0.6) is 0 Å². The molecule has 6 nitrogen and oxygen atoms in total. The number of aromatic nitrogens is 4. The Bertz CT molecular complexity index is 975. The molecule has 0 aliphatic heterocycles. The monoisotopic (exact) mass is 407 g/mol. The van der Waals surface area contributed by atoms with E-state index in [4.69, 9.17) is 0 Å². The minimum absolute atomic E-state index is 0.0858. The summed E-state index contributed by atoms with van der Waals surface area (Å²) in [5.74, 6) is 0.188. The van der Waals surface area contributed by atoms with Gasteiger partial charge in [-0.05, 0) is 37.3 Å². The number of thioether (sulfide) groups is 1. The van der Waals surface area contributed by atoms with E-state index >= 15 is 0 Å². The summed E-state index contributed by atoms with van der Waals surface area (Å²) in [6.07, 6.45) is -1.19. The summed E-state index contributed by atoms with van der Waals surface area (Å²) < 4.78 is 40.1. The van der Waals surface area contributed by atoms with Crippen molar-refractivity contribution in [3.05, 3.63) is 54.4 Å². The number of hydrogen-bond donors (Lipinski definition) is 1. The van der Waals surface area contributed by atoms with E-state index in [1.165, 1.54) is 12.1 Å². The molecule has 0 spiro atoms. The van der Waals surface area contributed by atoms with Crippen LogP contribution in [0.1, 0.15) is 12.5 Å². The van der Waals surface area contributed by atoms with Gasteiger partial charge in [0.2, 0.25) is 5.91 Å². The molecule has 10 heteroatoms. The molecular weight excluding hydrogens is 391 g/mol. The number of carbonyl (C=O) groups is 1. The van der Waals surface area contributed by atoms with Crippen molar-refractivity contribution in [2.75, 3.05) is 5.32 Å². The molecule has 2 aromatic heterocycles. The molecule has 3 aromatic rings. The summed E-state index contributed by atoms with van der Waals surface area (Å²) in [6, 6.07) is 8.10. The Kier molecular flexibility index (Phi) is 5.68. The predicted octanol–water partition coefficient (Wildman–Crippen LogP) is 4.02. The highest BCUT2D eigenvalue weighted by Gasteiger charge is 2.30. The van der Waals surface area contributed by atoms with E-state index < -0.39 is 22.9 Å². The summed E-state index contributed by atoms with van der Waals surface area (Å²) in [5.41, 5.74) is 0.0986. The lowest BCUT2D eigenvalue weighted by molar-refractivity contribution is -0.137. The van der Waals surface area contributed by atoms with Crippen LogP contribution in [-0.4, -0.2) is 30.9 Å². The van der Waals surface area contributed by atoms with Gasteiger partial charge in [0.05, 0.1) is 10.8 Å². The van der Waals surface area contributed by atoms with Crippen LogP contribution in [0.3, 0.4) is 0 Å². The second-order valence-electron chi connectivity index (χ2n) is 5.93. The second kappa shape index (κ2) is 8.01. The number of nitrogens with zero attached hydrogens (tertiary/aromatic N) is 4. The number of halogens is 3. The zero-order chi connectivity index (χ0) is 20.3. The molecule has 0 aliphatic carbocycles. The number of anilines is 1. The fourth-order valence-corrected chi connectivity index (χ4v) is 3.21. The summed E-state index contributed by atoms with van der Waals surface area (Å²) in [5, 5.41) is 10.6. The number of benzene rings is 1. The Morgan fingerprint density at radius 2 is 1.89 bits per heavy atom. The van der Waals surface area contributed by atoms with Crippen LogP contribution in [0.25, 0.3) is 11.4 Å². The Morgan fingerprint density at radius 3 is 2.57 bits per heavy atom. The van der Waals surface area contributed by atoms with E-state index in [0.717, 1.165) is 29.5 Å². The van der Waals surface area contributed by atoms with Crippen molar-refractivity contribution >= 4 is 23.4 Å². The Labute approximate surface area is 163 Å². The molecule has 0 radical (unpaired) electrons. The third-order valence-electron chi connectivity index (χ3n) is 3.88. The lowest BCUT2D eigenvalue weighted by atomic mass is 10.2. The highest BCUT2D eigenvalue weighted by atomic mass is 32.2. The molecule has 1 N–H and O–H groups in total. The number of amides is 1. The van der Waals surface area contributed by atoms with E-state index in [2.05, 4.69) is 20.5 Å². The Morgan fingerprint density at radius 1 is 1.18 bits per heavy atom. The van der Waals surface area contributed by atoms with Crippen LogP contribution in [0.15, 0.2) is 53.9 Å². The predicted molar refractivity (Wildman–Crippen MR) is 99.6 cm³/mol. The Hall–Kier alpha value is -2.88. The summed E-state index contributed by atoms with van der Waals surface area (Å²) >= 11 is 1.16. The molecule has 1 amide bonds. The van der Waals surface area contributed by atoms with Crippen molar-refractivity contribution in [1.82, 2.24) is 19.7 Å². The summed E-state index contributed by atoms with van der Waals surface area (Å²) in [7, 11) is 1.77. The first kappa shape index (κ1) is 19.9. The maximum absolute atomic E-state index is 12.8. The normalized spacial score (nSPS) is 12.6. The number of alkyl halides is 3. The van der Waals surface area contributed by atoms with Gasteiger partial charge >= 0.3 is 6.18 Å². The molecule has 3 rings (SSSR count). The van der Waals surface area contributed by atoms with Gasteiger partial charge in [-0.25, -0.2) is 0 Å². The van der Waals surface area contributed by atoms with Crippen molar-refractivity contribution < 1.29 is 18.0 Å². The van der Waals surface area contributed by atoms with E-state index in [9.17, 15) is 18.0 Å². The SMILES string of the molecule is CC(Sc1nnc(-c2ccncc2)n1C)C(=O)Nc1cccc(C(F)(F)F)c1. The van der Waals surface area contributed by atoms with Crippen molar-refractivity contribution in [1.29, 1.82) is 0 Å². The highest BCUT2D eigenvalue weighted by Crippen LogP contribution is 2.31. The van der Waals surface area contributed by atoms with Crippen molar-refractivity contribution in [2.24, 2.45) is 7.05 Å². The molecule has 2 heterocycles. The van der Waals surface area contributed by atoms with E-state index in [1.54, 1.807) is 43.1 Å². The fraction of sp³-hybridized carbons (Fsp3) is 0.222. The van der Waals surface area contributed by atoms with Gasteiger partial charge in [-0.1, -0.05) is 17.8 Å². The van der Waals surface area contributed by atoms with Crippen LogP contribution in [0.2, 0.25) is 0 Å². The molecule has 1 unspecified atom stereocenters. The standard InChI is InChI=1S/C18H16F3N5OS/c1-11(16(27)23-14-5-3-4-13(10-14)18(19,20)21)28-17-25-24-15(26(17)2)12-6-8-22-9-7-12/h3-11H,1-2H3,(H,23,27). The maximum atomic E-state index is 12.8. The largest absolute Gasteiger partial charge is 0.416 e. The molecule has 28 heavy (non-hydrogen) atoms. The molecular formula is C18H16F3N5OS. The van der Waals surface area contributed by atoms with Gasteiger partial charge in [0, 0.05) is 30.7 Å². The van der Waals surface area contributed by atoms with Crippen molar-refractivity contribution in [3.63, 3.8) is 0 Å². The first-order valence-corrected chi connectivity index (χ1v) is 9.08. The number of pyridine rings is 1. The van der Waals surface area contributed by atoms with E-state index in [0.29, 0.717) is 11.0 Å². The minimum atomic E-state index is -4.47. The van der Waals surface area contributed by atoms with Crippen LogP contribution >= 0.6 is 11.8 Å². The number of hydrogen-bond acceptors (Lipinski definition) is 5. The van der Waals surface area contributed by atoms with E-state index in [-0.39, 0.29) is 5.69 Å². The van der Waals surface area contributed by atoms with Gasteiger partial charge in [-0.3, -0.25) is 9.78 Å². The van der Waals surface area contributed by atoms with Gasteiger partial charge in [0.15, 0.2) is 11.0 Å². The minimum Gasteiger partial charge on any atom is -0.325 e. The fourth-order valence-electron chi connectivity index (χ4n) is 2.40. The van der Waals surface area contributed by atoms with Gasteiger partial charge < -0.3 is 9.88 Å². The summed E-state index contributed by atoms with van der Waals surface area (Å²) in [4.78, 5) is 16.3. The molecule has 1 atom stereocenters. The van der Waals surface area contributed by atoms with Gasteiger partial charge in [-0.2, -0.15) is 13.2 Å². The Balaban J connectivity index is 1.69. The van der Waals surface area contributed by atoms with Crippen molar-refractivity contribution in [2.45, 2.75) is 23.5 Å². The number of nitrogens with one attached hydrogen (secondary N) is 1. The van der Waals surface area contributed by atoms with Crippen LogP contribution in [0, 0.1) is 0 Å². The van der Waals surface area contributed by atoms with Gasteiger partial charge in [-0.15, -0.1) is 10.2 Å². The molecule has 0 bridgehead atoms. The van der Waals surface area contributed by atoms with Crippen LogP contribution < -0.4 is 5.32 Å². The third-order valence-corrected chi connectivity index (χ3v) is 5.02. The number of carbonyl (C=O) groups excluding carboxylic acids is 1. The zero-order valence-corrected chi connectivity index (χ0v) is 15.8. The lowest BCUT2D eigenvalue weighted by Gasteiger charge is -2.13. The second-order valence-corrected chi connectivity index (χ2v) is 7.24. The molecule has 0 saturated heterocycles. The topological polar surface area (TPSA) is 72.7 Å². The number of rotatable bonds is 5. The van der Waals surface area contributed by atoms with E-state index in [1.807, 2.05) is 0 Å². The molecule has 146 valence electrons. The molecule has 0 fully saturated rings. The van der Waals surface area contributed by atoms with Gasteiger partial charge in [0.25, 0.3) is 0 Å². The highest BCUT2D eigenvalue weighted by molar-refractivity contribution is 8.00. The molecule has 0 aliphatic rings. The molecule has 1 aromatic carbocycles. The zero-order valence-electron chi connectivity index (χ0n) is 14.9. The van der Waals surface area contributed by atoms with Gasteiger partial charge in [0.1, 0.15) is 0 Å². The lowest BCUT2D eigenvalue weighted by Crippen LogP contribution is -2.23. The first-order chi connectivity index (χ1) is 13.3.